The highest BCUT2D eigenvalue weighted by molar-refractivity contribution is 6.05. The molecule has 5 nitrogen and oxygen atoms in total. The Bertz CT molecular complexity index is 1170. The molecule has 0 bridgehead atoms. The summed E-state index contributed by atoms with van der Waals surface area (Å²) in [6, 6.07) is 10.9. The van der Waals surface area contributed by atoms with E-state index in [4.69, 9.17) is 0 Å². The van der Waals surface area contributed by atoms with Crippen LogP contribution < -0.4 is 5.32 Å². The van der Waals surface area contributed by atoms with E-state index in [9.17, 15) is 31.1 Å². The summed E-state index contributed by atoms with van der Waals surface area (Å²) in [6.07, 6.45) is -8.91. The molecule has 0 unspecified atom stereocenters. The smallest absolute Gasteiger partial charge is 0.367 e. The number of hydrogen-bond donors (Lipinski definition) is 1. The minimum Gasteiger partial charge on any atom is -0.367 e. The first kappa shape index (κ1) is 25.3. The van der Waals surface area contributed by atoms with E-state index >= 15 is 0 Å². The Hall–Kier alpha value is -3.34. The molecule has 1 aromatic heterocycles. The van der Waals surface area contributed by atoms with E-state index in [1.165, 1.54) is 35.0 Å². The normalized spacial score (nSPS) is 12.1. The molecule has 0 aliphatic carbocycles. The molecular formula is C23H21F6N3O2. The average molecular weight is 485 g/mol. The summed E-state index contributed by atoms with van der Waals surface area (Å²) >= 11 is 0. The maximum Gasteiger partial charge on any atom is 0.416 e. The summed E-state index contributed by atoms with van der Waals surface area (Å²) in [5.74, 6) is -0.512. The van der Waals surface area contributed by atoms with Crippen molar-refractivity contribution in [3.05, 3.63) is 82.2 Å². The van der Waals surface area contributed by atoms with Gasteiger partial charge in [0.2, 0.25) is 0 Å². The van der Waals surface area contributed by atoms with Gasteiger partial charge in [-0.2, -0.15) is 31.4 Å². The second-order valence-electron chi connectivity index (χ2n) is 7.66. The maximum atomic E-state index is 13.0. The van der Waals surface area contributed by atoms with Crippen molar-refractivity contribution in [1.82, 2.24) is 9.78 Å². The molecule has 3 rings (SSSR count). The number of halogens is 6. The van der Waals surface area contributed by atoms with Crippen molar-refractivity contribution in [3.8, 4) is 0 Å². The Labute approximate surface area is 191 Å². The van der Waals surface area contributed by atoms with E-state index in [2.05, 4.69) is 15.2 Å². The summed E-state index contributed by atoms with van der Waals surface area (Å²) in [4.78, 5) is 12.7. The van der Waals surface area contributed by atoms with E-state index in [1.54, 1.807) is 19.9 Å². The number of hydrogen-bond acceptors (Lipinski definition) is 3. The lowest BCUT2D eigenvalue weighted by molar-refractivity contribution is -0.176. The Morgan fingerprint density at radius 3 is 2.35 bits per heavy atom. The summed E-state index contributed by atoms with van der Waals surface area (Å²) in [6.45, 7) is 1.68. The Balaban J connectivity index is 1.72. The van der Waals surface area contributed by atoms with Crippen molar-refractivity contribution in [3.63, 3.8) is 0 Å². The highest BCUT2D eigenvalue weighted by Crippen LogP contribution is 2.30. The third kappa shape index (κ3) is 6.60. The molecule has 0 saturated heterocycles. The third-order valence-electron chi connectivity index (χ3n) is 4.93. The van der Waals surface area contributed by atoms with E-state index in [1.807, 2.05) is 0 Å². The highest BCUT2D eigenvalue weighted by Gasteiger charge is 2.30. The first-order chi connectivity index (χ1) is 15.8. The molecule has 0 aliphatic heterocycles. The van der Waals surface area contributed by atoms with Crippen LogP contribution in [0.25, 0.3) is 0 Å². The van der Waals surface area contributed by atoms with Crippen molar-refractivity contribution < 1.29 is 35.9 Å². The first-order valence-corrected chi connectivity index (χ1v) is 10.1. The minimum atomic E-state index is -4.46. The van der Waals surface area contributed by atoms with Crippen molar-refractivity contribution >= 4 is 11.6 Å². The van der Waals surface area contributed by atoms with E-state index in [-0.39, 0.29) is 18.7 Å². The van der Waals surface area contributed by atoms with Crippen LogP contribution in [0.2, 0.25) is 0 Å². The molecule has 34 heavy (non-hydrogen) atoms. The zero-order chi connectivity index (χ0) is 25.1. The Morgan fingerprint density at radius 1 is 1.00 bits per heavy atom. The number of aromatic nitrogens is 2. The fourth-order valence-electron chi connectivity index (χ4n) is 3.32. The zero-order valence-electron chi connectivity index (χ0n) is 18.2. The molecular weight excluding hydrogens is 464 g/mol. The molecule has 0 fully saturated rings. The van der Waals surface area contributed by atoms with Gasteiger partial charge in [-0.3, -0.25) is 9.48 Å². The number of benzene rings is 2. The number of carbonyl (C=O) groups excluding carboxylic acids is 1. The topological polar surface area (TPSA) is 56.2 Å². The second-order valence-corrected chi connectivity index (χ2v) is 7.66. The van der Waals surface area contributed by atoms with Gasteiger partial charge in [-0.25, -0.2) is 0 Å². The van der Waals surface area contributed by atoms with Gasteiger partial charge < -0.3 is 10.1 Å². The number of carbonyl (C=O) groups is 1. The van der Waals surface area contributed by atoms with E-state index in [0.29, 0.717) is 28.2 Å². The standard InChI is InChI=1S/C23H21F6N3O2/c1-14-20(15(2)32(31-14)11-16-5-4-8-19(10-16)23(27,28)29)30-21(33)18-7-3-6-17(9-18)12-34-13-22(24,25)26/h3-10H,11-13H2,1-2H3,(H,30,33). The number of nitrogens with zero attached hydrogens (tertiary/aromatic N) is 2. The van der Waals surface area contributed by atoms with Gasteiger partial charge in [0, 0.05) is 5.56 Å². The monoisotopic (exact) mass is 485 g/mol. The lowest BCUT2D eigenvalue weighted by Crippen LogP contribution is -2.17. The second kappa shape index (κ2) is 9.88. The molecule has 3 aromatic rings. The number of nitrogens with one attached hydrogen (secondary N) is 1. The lowest BCUT2D eigenvalue weighted by Gasteiger charge is -2.11. The van der Waals surface area contributed by atoms with Gasteiger partial charge in [-0.05, 0) is 49.2 Å². The van der Waals surface area contributed by atoms with Crippen molar-refractivity contribution in [1.29, 1.82) is 0 Å². The molecule has 0 spiro atoms. The van der Waals surface area contributed by atoms with Crippen molar-refractivity contribution in [2.75, 3.05) is 11.9 Å². The SMILES string of the molecule is Cc1nn(Cc2cccc(C(F)(F)F)c2)c(C)c1NC(=O)c1cccc(COCC(F)(F)F)c1. The molecule has 0 atom stereocenters. The average Bonchev–Trinajstić information content (AvgIpc) is 3.00. The molecule has 0 radical (unpaired) electrons. The van der Waals surface area contributed by atoms with Gasteiger partial charge in [-0.15, -0.1) is 0 Å². The van der Waals surface area contributed by atoms with Crippen LogP contribution in [0.15, 0.2) is 48.5 Å². The molecule has 0 saturated carbocycles. The predicted molar refractivity (Wildman–Crippen MR) is 112 cm³/mol. The van der Waals surface area contributed by atoms with Gasteiger partial charge in [0.05, 0.1) is 35.8 Å². The molecule has 1 N–H and O–H groups in total. The van der Waals surface area contributed by atoms with Crippen LogP contribution in [-0.2, 0) is 24.1 Å². The summed E-state index contributed by atoms with van der Waals surface area (Å²) in [5.41, 5.74) is 1.62. The molecule has 2 aromatic carbocycles. The van der Waals surface area contributed by atoms with Gasteiger partial charge in [-0.1, -0.05) is 24.3 Å². The highest BCUT2D eigenvalue weighted by atomic mass is 19.4. The van der Waals surface area contributed by atoms with Gasteiger partial charge >= 0.3 is 12.4 Å². The summed E-state index contributed by atoms with van der Waals surface area (Å²) < 4.78 is 81.8. The fourth-order valence-corrected chi connectivity index (χ4v) is 3.32. The van der Waals surface area contributed by atoms with Crippen LogP contribution >= 0.6 is 0 Å². The van der Waals surface area contributed by atoms with E-state index < -0.39 is 30.4 Å². The van der Waals surface area contributed by atoms with Gasteiger partial charge in [0.25, 0.3) is 5.91 Å². The quantitative estimate of drug-likeness (QED) is 0.424. The number of anilines is 1. The maximum absolute atomic E-state index is 13.0. The number of alkyl halides is 6. The number of rotatable bonds is 7. The van der Waals surface area contributed by atoms with Crippen LogP contribution in [0.3, 0.4) is 0 Å². The minimum absolute atomic E-state index is 0.0679. The number of ether oxygens (including phenoxy) is 1. The van der Waals surface area contributed by atoms with Gasteiger partial charge in [0.15, 0.2) is 0 Å². The lowest BCUT2D eigenvalue weighted by atomic mass is 10.1. The molecule has 1 amide bonds. The number of aryl methyl sites for hydroxylation is 1. The molecule has 11 heteroatoms. The summed E-state index contributed by atoms with van der Waals surface area (Å²) in [5, 5.41) is 7.04. The predicted octanol–water partition coefficient (Wildman–Crippen LogP) is 5.90. The third-order valence-corrected chi connectivity index (χ3v) is 4.93. The molecule has 0 aliphatic rings. The fraction of sp³-hybridized carbons (Fsp3) is 0.304. The molecule has 1 heterocycles. The van der Waals surface area contributed by atoms with Crippen LogP contribution in [0, 0.1) is 13.8 Å². The van der Waals surface area contributed by atoms with E-state index in [0.717, 1.165) is 12.1 Å². The van der Waals surface area contributed by atoms with Crippen LogP contribution in [0.1, 0.15) is 38.4 Å². The van der Waals surface area contributed by atoms with Crippen molar-refractivity contribution in [2.45, 2.75) is 39.4 Å². The van der Waals surface area contributed by atoms with Crippen LogP contribution in [-0.4, -0.2) is 28.5 Å². The van der Waals surface area contributed by atoms with Crippen molar-refractivity contribution in [2.24, 2.45) is 0 Å². The first-order valence-electron chi connectivity index (χ1n) is 10.1. The largest absolute Gasteiger partial charge is 0.416 e. The van der Waals surface area contributed by atoms with Crippen LogP contribution in [0.5, 0.6) is 0 Å². The van der Waals surface area contributed by atoms with Gasteiger partial charge in [0.1, 0.15) is 6.61 Å². The summed E-state index contributed by atoms with van der Waals surface area (Å²) in [7, 11) is 0. The number of amides is 1. The Morgan fingerprint density at radius 2 is 1.68 bits per heavy atom. The zero-order valence-corrected chi connectivity index (χ0v) is 18.2. The molecule has 182 valence electrons. The Kier molecular flexibility index (Phi) is 7.35. The van der Waals surface area contributed by atoms with Crippen LogP contribution in [0.4, 0.5) is 32.0 Å².